The standard InChI is InChI=1S/C13H22N2O/c1-10-11(7-14)6-12(16-10)8-15-5-4-13(2,3)9-15/h6H,4-5,7-9,14H2,1-3H3. The number of likely N-dealkylation sites (tertiary alicyclic amines) is 1. The lowest BCUT2D eigenvalue weighted by Gasteiger charge is -2.18. The fourth-order valence-electron chi connectivity index (χ4n) is 2.45. The van der Waals surface area contributed by atoms with Crippen molar-refractivity contribution in [2.45, 2.75) is 40.3 Å². The molecule has 1 aromatic rings. The summed E-state index contributed by atoms with van der Waals surface area (Å²) in [6, 6.07) is 2.10. The van der Waals surface area contributed by atoms with Gasteiger partial charge in [-0.3, -0.25) is 4.90 Å². The van der Waals surface area contributed by atoms with Gasteiger partial charge in [-0.2, -0.15) is 0 Å². The Morgan fingerprint density at radius 2 is 2.25 bits per heavy atom. The summed E-state index contributed by atoms with van der Waals surface area (Å²) in [5, 5.41) is 0. The summed E-state index contributed by atoms with van der Waals surface area (Å²) in [7, 11) is 0. The van der Waals surface area contributed by atoms with Gasteiger partial charge in [0, 0.05) is 18.7 Å². The summed E-state index contributed by atoms with van der Waals surface area (Å²) in [5.74, 6) is 2.02. The fraction of sp³-hybridized carbons (Fsp3) is 0.692. The Morgan fingerprint density at radius 3 is 2.75 bits per heavy atom. The Bertz CT molecular complexity index is 368. The zero-order valence-electron chi connectivity index (χ0n) is 10.5. The molecule has 3 nitrogen and oxygen atoms in total. The van der Waals surface area contributed by atoms with Crippen molar-refractivity contribution < 1.29 is 4.42 Å². The molecule has 0 radical (unpaired) electrons. The van der Waals surface area contributed by atoms with Crippen LogP contribution in [0.5, 0.6) is 0 Å². The van der Waals surface area contributed by atoms with Crippen molar-refractivity contribution in [3.05, 3.63) is 23.2 Å². The molecule has 1 aromatic heterocycles. The van der Waals surface area contributed by atoms with E-state index in [1.54, 1.807) is 0 Å². The largest absolute Gasteiger partial charge is 0.465 e. The minimum Gasteiger partial charge on any atom is -0.465 e. The smallest absolute Gasteiger partial charge is 0.118 e. The molecule has 0 spiro atoms. The lowest BCUT2D eigenvalue weighted by atomic mass is 9.93. The molecule has 2 heterocycles. The van der Waals surface area contributed by atoms with Crippen LogP contribution >= 0.6 is 0 Å². The first-order valence-corrected chi connectivity index (χ1v) is 6.01. The van der Waals surface area contributed by atoms with Gasteiger partial charge in [-0.1, -0.05) is 13.8 Å². The first-order chi connectivity index (χ1) is 7.50. The Morgan fingerprint density at radius 1 is 1.50 bits per heavy atom. The Labute approximate surface area is 97.6 Å². The molecule has 0 amide bonds. The molecule has 90 valence electrons. The zero-order valence-corrected chi connectivity index (χ0v) is 10.5. The van der Waals surface area contributed by atoms with Gasteiger partial charge in [-0.15, -0.1) is 0 Å². The van der Waals surface area contributed by atoms with Crippen molar-refractivity contribution in [2.24, 2.45) is 11.1 Å². The van der Waals surface area contributed by atoms with E-state index in [0.717, 1.165) is 30.2 Å². The Balaban J connectivity index is 1.99. The van der Waals surface area contributed by atoms with Gasteiger partial charge < -0.3 is 10.2 Å². The van der Waals surface area contributed by atoms with E-state index in [1.165, 1.54) is 13.0 Å². The molecule has 1 aliphatic heterocycles. The van der Waals surface area contributed by atoms with Crippen molar-refractivity contribution >= 4 is 0 Å². The number of aryl methyl sites for hydroxylation is 1. The van der Waals surface area contributed by atoms with Gasteiger partial charge in [0.05, 0.1) is 6.54 Å². The van der Waals surface area contributed by atoms with Crippen LogP contribution in [0.2, 0.25) is 0 Å². The topological polar surface area (TPSA) is 42.4 Å². The third-order valence-corrected chi connectivity index (χ3v) is 3.43. The molecule has 3 heteroatoms. The van der Waals surface area contributed by atoms with E-state index in [-0.39, 0.29) is 0 Å². The minimum absolute atomic E-state index is 0.457. The van der Waals surface area contributed by atoms with Crippen molar-refractivity contribution in [2.75, 3.05) is 13.1 Å². The van der Waals surface area contributed by atoms with Crippen LogP contribution in [0.1, 0.15) is 37.4 Å². The van der Waals surface area contributed by atoms with Gasteiger partial charge in [0.25, 0.3) is 0 Å². The Hall–Kier alpha value is -0.800. The summed E-state index contributed by atoms with van der Waals surface area (Å²) in [4.78, 5) is 2.46. The molecule has 0 bridgehead atoms. The molecule has 0 aromatic carbocycles. The van der Waals surface area contributed by atoms with Crippen LogP contribution in [-0.4, -0.2) is 18.0 Å². The van der Waals surface area contributed by atoms with Crippen molar-refractivity contribution in [3.8, 4) is 0 Å². The monoisotopic (exact) mass is 222 g/mol. The number of furan rings is 1. The molecular formula is C13H22N2O. The van der Waals surface area contributed by atoms with Gasteiger partial charge in [0.1, 0.15) is 11.5 Å². The van der Waals surface area contributed by atoms with Gasteiger partial charge >= 0.3 is 0 Å². The predicted octanol–water partition coefficient (Wildman–Crippen LogP) is 2.28. The van der Waals surface area contributed by atoms with E-state index in [2.05, 4.69) is 24.8 Å². The van der Waals surface area contributed by atoms with Gasteiger partial charge in [-0.05, 0) is 31.4 Å². The lowest BCUT2D eigenvalue weighted by Crippen LogP contribution is -2.22. The summed E-state index contributed by atoms with van der Waals surface area (Å²) in [5.41, 5.74) is 7.23. The molecule has 16 heavy (non-hydrogen) atoms. The highest BCUT2D eigenvalue weighted by molar-refractivity contribution is 5.20. The summed E-state index contributed by atoms with van der Waals surface area (Å²) < 4.78 is 5.71. The van der Waals surface area contributed by atoms with Crippen molar-refractivity contribution in [1.82, 2.24) is 4.90 Å². The van der Waals surface area contributed by atoms with Crippen LogP contribution in [0.3, 0.4) is 0 Å². The predicted molar refractivity (Wildman–Crippen MR) is 65.0 cm³/mol. The first-order valence-electron chi connectivity index (χ1n) is 6.01. The van der Waals surface area contributed by atoms with Crippen LogP contribution in [0.4, 0.5) is 0 Å². The molecular weight excluding hydrogens is 200 g/mol. The van der Waals surface area contributed by atoms with Gasteiger partial charge in [0.2, 0.25) is 0 Å². The maximum Gasteiger partial charge on any atom is 0.118 e. The van der Waals surface area contributed by atoms with Gasteiger partial charge in [-0.25, -0.2) is 0 Å². The second-order valence-electron chi connectivity index (χ2n) is 5.62. The highest BCUT2D eigenvalue weighted by Gasteiger charge is 2.29. The summed E-state index contributed by atoms with van der Waals surface area (Å²) >= 11 is 0. The molecule has 2 rings (SSSR count). The maximum atomic E-state index is 5.71. The normalized spacial score (nSPS) is 20.5. The molecule has 0 saturated carbocycles. The average Bonchev–Trinajstić information content (AvgIpc) is 2.70. The fourth-order valence-corrected chi connectivity index (χ4v) is 2.45. The highest BCUT2D eigenvalue weighted by Crippen LogP contribution is 2.30. The number of nitrogens with two attached hydrogens (primary N) is 1. The van der Waals surface area contributed by atoms with Crippen LogP contribution in [0, 0.1) is 12.3 Å². The summed E-state index contributed by atoms with van der Waals surface area (Å²) in [6.07, 6.45) is 1.27. The highest BCUT2D eigenvalue weighted by atomic mass is 16.3. The quantitative estimate of drug-likeness (QED) is 0.853. The lowest BCUT2D eigenvalue weighted by molar-refractivity contribution is 0.261. The number of rotatable bonds is 3. The van der Waals surface area contributed by atoms with E-state index < -0.39 is 0 Å². The number of hydrogen-bond donors (Lipinski definition) is 1. The molecule has 1 saturated heterocycles. The minimum atomic E-state index is 0.457. The SMILES string of the molecule is Cc1oc(CN2CCC(C)(C)C2)cc1CN. The van der Waals surface area contributed by atoms with Crippen LogP contribution in [0.15, 0.2) is 10.5 Å². The Kier molecular flexibility index (Phi) is 3.08. The summed E-state index contributed by atoms with van der Waals surface area (Å²) in [6.45, 7) is 10.5. The van der Waals surface area contributed by atoms with Crippen LogP contribution < -0.4 is 5.73 Å². The van der Waals surface area contributed by atoms with Crippen LogP contribution in [0.25, 0.3) is 0 Å². The van der Waals surface area contributed by atoms with E-state index in [9.17, 15) is 0 Å². The van der Waals surface area contributed by atoms with Gasteiger partial charge in [0.15, 0.2) is 0 Å². The molecule has 1 aliphatic rings. The number of nitrogens with zero attached hydrogens (tertiary/aromatic N) is 1. The van der Waals surface area contributed by atoms with E-state index >= 15 is 0 Å². The van der Waals surface area contributed by atoms with Crippen LogP contribution in [-0.2, 0) is 13.1 Å². The van der Waals surface area contributed by atoms with Crippen molar-refractivity contribution in [1.29, 1.82) is 0 Å². The second kappa shape index (κ2) is 4.22. The zero-order chi connectivity index (χ0) is 11.8. The molecule has 0 unspecified atom stereocenters. The molecule has 0 aliphatic carbocycles. The molecule has 2 N–H and O–H groups in total. The third-order valence-electron chi connectivity index (χ3n) is 3.43. The van der Waals surface area contributed by atoms with Crippen molar-refractivity contribution in [3.63, 3.8) is 0 Å². The third kappa shape index (κ3) is 2.47. The van der Waals surface area contributed by atoms with E-state index in [1.807, 2.05) is 6.92 Å². The van der Waals surface area contributed by atoms with E-state index in [0.29, 0.717) is 12.0 Å². The molecule has 1 fully saturated rings. The average molecular weight is 222 g/mol. The number of hydrogen-bond acceptors (Lipinski definition) is 3. The molecule has 0 atom stereocenters. The first kappa shape index (κ1) is 11.7. The second-order valence-corrected chi connectivity index (χ2v) is 5.62. The maximum absolute atomic E-state index is 5.71. The van der Waals surface area contributed by atoms with E-state index in [4.69, 9.17) is 10.2 Å².